The Labute approximate surface area is 95.8 Å². The van der Waals surface area contributed by atoms with E-state index in [1.807, 2.05) is 0 Å². The van der Waals surface area contributed by atoms with E-state index in [2.05, 4.69) is 15.5 Å². The third kappa shape index (κ3) is 1.75. The molecule has 1 N–H and O–H groups in total. The fraction of sp³-hybridized carbons (Fsp3) is 0.833. The molecule has 1 aromatic heterocycles. The van der Waals surface area contributed by atoms with Crippen molar-refractivity contribution < 1.29 is 4.52 Å². The summed E-state index contributed by atoms with van der Waals surface area (Å²) in [5.74, 6) is 0.776. The van der Waals surface area contributed by atoms with Gasteiger partial charge in [-0.3, -0.25) is 0 Å². The smallest absolute Gasteiger partial charge is 0.213 e. The van der Waals surface area contributed by atoms with Crippen LogP contribution in [-0.2, 0) is 6.54 Å². The predicted octanol–water partition coefficient (Wildman–Crippen LogP) is 2.27. The SMILES string of the molecule is c1nc(CNC2CCC23CCCCC3)no1. The number of nitrogens with one attached hydrogen (secondary N) is 1. The lowest BCUT2D eigenvalue weighted by Crippen LogP contribution is -2.54. The van der Waals surface area contributed by atoms with Gasteiger partial charge in [0.1, 0.15) is 0 Å². The maximum atomic E-state index is 4.73. The van der Waals surface area contributed by atoms with Crippen molar-refractivity contribution in [2.24, 2.45) is 5.41 Å². The van der Waals surface area contributed by atoms with E-state index in [1.165, 1.54) is 51.3 Å². The topological polar surface area (TPSA) is 51.0 Å². The summed E-state index contributed by atoms with van der Waals surface area (Å²) in [6, 6.07) is 0.686. The lowest BCUT2D eigenvalue weighted by atomic mass is 9.57. The first-order valence-corrected chi connectivity index (χ1v) is 6.38. The predicted molar refractivity (Wildman–Crippen MR) is 59.7 cm³/mol. The highest BCUT2D eigenvalue weighted by atomic mass is 16.5. The summed E-state index contributed by atoms with van der Waals surface area (Å²) in [5, 5.41) is 7.43. The largest absolute Gasteiger partial charge is 0.343 e. The summed E-state index contributed by atoms with van der Waals surface area (Å²) in [6.07, 6.45) is 11.2. The second-order valence-electron chi connectivity index (χ2n) is 5.24. The van der Waals surface area contributed by atoms with Crippen LogP contribution in [0.3, 0.4) is 0 Å². The van der Waals surface area contributed by atoms with E-state index in [1.54, 1.807) is 0 Å². The van der Waals surface area contributed by atoms with Crippen LogP contribution in [0.5, 0.6) is 0 Å². The Balaban J connectivity index is 1.55. The fourth-order valence-corrected chi connectivity index (χ4v) is 3.35. The van der Waals surface area contributed by atoms with Crippen LogP contribution in [0.4, 0.5) is 0 Å². The molecular weight excluding hydrogens is 202 g/mol. The molecule has 1 aromatic rings. The molecule has 1 atom stereocenters. The number of hydrogen-bond acceptors (Lipinski definition) is 4. The van der Waals surface area contributed by atoms with Gasteiger partial charge in [0.15, 0.2) is 5.82 Å². The van der Waals surface area contributed by atoms with Crippen LogP contribution in [-0.4, -0.2) is 16.2 Å². The van der Waals surface area contributed by atoms with E-state index in [-0.39, 0.29) is 0 Å². The van der Waals surface area contributed by atoms with Crippen molar-refractivity contribution in [3.8, 4) is 0 Å². The molecule has 4 heteroatoms. The van der Waals surface area contributed by atoms with E-state index in [0.29, 0.717) is 11.5 Å². The van der Waals surface area contributed by atoms with Crippen LogP contribution in [0.25, 0.3) is 0 Å². The number of rotatable bonds is 3. The standard InChI is InChI=1S/C12H19N3O/c1-2-5-12(6-3-1)7-4-10(12)13-8-11-14-9-16-15-11/h9-10,13H,1-8H2. The van der Waals surface area contributed by atoms with Gasteiger partial charge in [-0.25, -0.2) is 0 Å². The van der Waals surface area contributed by atoms with Crippen molar-refractivity contribution >= 4 is 0 Å². The zero-order chi connectivity index (χ0) is 10.8. The minimum absolute atomic E-state index is 0.613. The molecule has 1 unspecified atom stereocenters. The maximum absolute atomic E-state index is 4.73. The lowest BCUT2D eigenvalue weighted by molar-refractivity contribution is 0.0217. The molecule has 0 aliphatic heterocycles. The number of hydrogen-bond donors (Lipinski definition) is 1. The third-order valence-electron chi connectivity index (χ3n) is 4.43. The molecule has 88 valence electrons. The summed E-state index contributed by atoms with van der Waals surface area (Å²) in [6.45, 7) is 0.753. The van der Waals surface area contributed by atoms with Gasteiger partial charge in [0.05, 0.1) is 6.54 Å². The van der Waals surface area contributed by atoms with Crippen LogP contribution < -0.4 is 5.32 Å². The van der Waals surface area contributed by atoms with Gasteiger partial charge in [0.25, 0.3) is 0 Å². The van der Waals surface area contributed by atoms with Gasteiger partial charge in [-0.05, 0) is 31.1 Å². The Bertz CT molecular complexity index is 330. The Hall–Kier alpha value is -0.900. The van der Waals surface area contributed by atoms with E-state index in [0.717, 1.165) is 12.4 Å². The first-order chi connectivity index (χ1) is 7.89. The van der Waals surface area contributed by atoms with Crippen LogP contribution in [0.1, 0.15) is 50.8 Å². The van der Waals surface area contributed by atoms with E-state index < -0.39 is 0 Å². The van der Waals surface area contributed by atoms with E-state index >= 15 is 0 Å². The van der Waals surface area contributed by atoms with Gasteiger partial charge >= 0.3 is 0 Å². The molecule has 0 bridgehead atoms. The molecule has 0 amide bonds. The van der Waals surface area contributed by atoms with Crippen LogP contribution in [0.15, 0.2) is 10.9 Å². The molecule has 4 nitrogen and oxygen atoms in total. The molecule has 2 fully saturated rings. The first-order valence-electron chi connectivity index (χ1n) is 6.38. The van der Waals surface area contributed by atoms with Gasteiger partial charge < -0.3 is 9.84 Å². The molecule has 0 aromatic carbocycles. The van der Waals surface area contributed by atoms with Gasteiger partial charge in [0, 0.05) is 6.04 Å². The van der Waals surface area contributed by atoms with Crippen molar-refractivity contribution in [3.63, 3.8) is 0 Å². The molecule has 2 aliphatic rings. The lowest BCUT2D eigenvalue weighted by Gasteiger charge is -2.52. The molecule has 0 radical (unpaired) electrons. The summed E-state index contributed by atoms with van der Waals surface area (Å²) in [7, 11) is 0. The normalized spacial score (nSPS) is 27.9. The minimum Gasteiger partial charge on any atom is -0.343 e. The quantitative estimate of drug-likeness (QED) is 0.850. The summed E-state index contributed by atoms with van der Waals surface area (Å²) < 4.78 is 4.73. The van der Waals surface area contributed by atoms with Gasteiger partial charge in [-0.15, -0.1) is 0 Å². The van der Waals surface area contributed by atoms with Gasteiger partial charge in [0.2, 0.25) is 6.39 Å². The highest BCUT2D eigenvalue weighted by Gasteiger charge is 2.46. The molecule has 2 aliphatic carbocycles. The Morgan fingerprint density at radius 1 is 1.31 bits per heavy atom. The highest BCUT2D eigenvalue weighted by Crippen LogP contribution is 2.51. The van der Waals surface area contributed by atoms with Gasteiger partial charge in [-0.2, -0.15) is 4.98 Å². The molecule has 3 rings (SSSR count). The monoisotopic (exact) mass is 221 g/mol. The van der Waals surface area contributed by atoms with Crippen molar-refractivity contribution in [1.82, 2.24) is 15.5 Å². The zero-order valence-electron chi connectivity index (χ0n) is 9.61. The molecular formula is C12H19N3O. The summed E-state index contributed by atoms with van der Waals surface area (Å²) in [4.78, 5) is 4.04. The Morgan fingerprint density at radius 3 is 2.81 bits per heavy atom. The van der Waals surface area contributed by atoms with E-state index in [4.69, 9.17) is 4.52 Å². The number of nitrogens with zero attached hydrogens (tertiary/aromatic N) is 2. The second-order valence-corrected chi connectivity index (χ2v) is 5.24. The summed E-state index contributed by atoms with van der Waals surface area (Å²) >= 11 is 0. The van der Waals surface area contributed by atoms with Gasteiger partial charge in [-0.1, -0.05) is 24.4 Å². The molecule has 0 saturated heterocycles. The Morgan fingerprint density at radius 2 is 2.19 bits per heavy atom. The van der Waals surface area contributed by atoms with Crippen LogP contribution in [0, 0.1) is 5.41 Å². The Kier molecular flexibility index (Phi) is 2.67. The zero-order valence-corrected chi connectivity index (χ0v) is 9.61. The highest BCUT2D eigenvalue weighted by molar-refractivity contribution is 5.02. The van der Waals surface area contributed by atoms with E-state index in [9.17, 15) is 0 Å². The minimum atomic E-state index is 0.613. The fourth-order valence-electron chi connectivity index (χ4n) is 3.35. The molecule has 16 heavy (non-hydrogen) atoms. The van der Waals surface area contributed by atoms with Crippen LogP contribution in [0.2, 0.25) is 0 Å². The molecule has 1 heterocycles. The molecule has 2 saturated carbocycles. The number of aromatic nitrogens is 2. The third-order valence-corrected chi connectivity index (χ3v) is 4.43. The average Bonchev–Trinajstić information content (AvgIpc) is 2.82. The van der Waals surface area contributed by atoms with Crippen molar-refractivity contribution in [3.05, 3.63) is 12.2 Å². The van der Waals surface area contributed by atoms with Crippen LogP contribution >= 0.6 is 0 Å². The van der Waals surface area contributed by atoms with Crippen molar-refractivity contribution in [2.75, 3.05) is 0 Å². The first kappa shape index (κ1) is 10.3. The second kappa shape index (κ2) is 4.17. The van der Waals surface area contributed by atoms with Crippen molar-refractivity contribution in [1.29, 1.82) is 0 Å². The van der Waals surface area contributed by atoms with Crippen molar-refractivity contribution in [2.45, 2.75) is 57.5 Å². The molecule has 1 spiro atoms. The summed E-state index contributed by atoms with van der Waals surface area (Å²) in [5.41, 5.74) is 0.613. The maximum Gasteiger partial charge on any atom is 0.213 e. The average molecular weight is 221 g/mol.